The molecule has 0 amide bonds. The average molecular weight is 270 g/mol. The van der Waals surface area contributed by atoms with Gasteiger partial charge in [-0.3, -0.25) is 0 Å². The number of benzene rings is 1. The van der Waals surface area contributed by atoms with E-state index in [9.17, 15) is 9.59 Å². The van der Waals surface area contributed by atoms with Gasteiger partial charge in [-0.2, -0.15) is 0 Å². The van der Waals surface area contributed by atoms with Crippen LogP contribution in [0, 0.1) is 0 Å². The van der Waals surface area contributed by atoms with E-state index in [2.05, 4.69) is 0 Å². The Hall–Kier alpha value is -0.506. The lowest BCUT2D eigenvalue weighted by Crippen LogP contribution is -2.55. The molecule has 1 aromatic carbocycles. The first-order valence-electron chi connectivity index (χ1n) is 5.80. The topological polar surface area (TPSA) is 58.9 Å². The van der Waals surface area contributed by atoms with E-state index in [4.69, 9.17) is 8.85 Å². The fourth-order valence-corrected chi connectivity index (χ4v) is 5.60. The molecule has 94 valence electrons. The molecule has 2 unspecified atom stereocenters. The molecule has 0 saturated carbocycles. The molecule has 1 aliphatic heterocycles. The highest BCUT2D eigenvalue weighted by molar-refractivity contribution is 6.80. The van der Waals surface area contributed by atoms with Gasteiger partial charge in [0.25, 0.3) is 0 Å². The Morgan fingerprint density at radius 2 is 1.65 bits per heavy atom. The van der Waals surface area contributed by atoms with Crippen LogP contribution >= 0.6 is 0 Å². The van der Waals surface area contributed by atoms with Crippen molar-refractivity contribution in [2.24, 2.45) is 0 Å². The number of hydrogen-bond acceptors (Lipinski definition) is 4. The van der Waals surface area contributed by atoms with E-state index >= 15 is 0 Å². The molecule has 2 N–H and O–H groups in total. The van der Waals surface area contributed by atoms with Crippen molar-refractivity contribution in [2.45, 2.75) is 18.6 Å². The highest BCUT2D eigenvalue weighted by Gasteiger charge is 2.40. The Morgan fingerprint density at radius 3 is 2.35 bits per heavy atom. The zero-order valence-corrected chi connectivity index (χ0v) is 11.9. The van der Waals surface area contributed by atoms with Gasteiger partial charge >= 0.3 is 17.1 Å². The summed E-state index contributed by atoms with van der Waals surface area (Å²) in [4.78, 5) is 20.5. The standard InChI is InChI=1S/C11H18O4Si2/c1-16(12)9-7-15-17(13,10-8-14-16)11-5-3-2-4-6-11/h2-6,12-13H,7-10H2,1H3. The lowest BCUT2D eigenvalue weighted by Gasteiger charge is -2.31. The predicted molar refractivity (Wildman–Crippen MR) is 69.4 cm³/mol. The summed E-state index contributed by atoms with van der Waals surface area (Å²) in [5.74, 6) is 0. The first-order valence-corrected chi connectivity index (χ1v) is 10.4. The molecule has 4 nitrogen and oxygen atoms in total. The Morgan fingerprint density at radius 1 is 1.00 bits per heavy atom. The van der Waals surface area contributed by atoms with Crippen molar-refractivity contribution in [3.05, 3.63) is 30.3 Å². The van der Waals surface area contributed by atoms with Gasteiger partial charge in [0, 0.05) is 25.3 Å². The van der Waals surface area contributed by atoms with Gasteiger partial charge in [-0.05, 0) is 11.7 Å². The molecule has 0 spiro atoms. The monoisotopic (exact) mass is 270 g/mol. The first kappa shape index (κ1) is 12.9. The van der Waals surface area contributed by atoms with Crippen LogP contribution < -0.4 is 5.19 Å². The van der Waals surface area contributed by atoms with Gasteiger partial charge in [0.2, 0.25) is 0 Å². The van der Waals surface area contributed by atoms with Crippen molar-refractivity contribution in [3.63, 3.8) is 0 Å². The predicted octanol–water partition coefficient (Wildman–Crippen LogP) is 0.439. The Labute approximate surface area is 103 Å². The van der Waals surface area contributed by atoms with Gasteiger partial charge in [-0.1, -0.05) is 30.3 Å². The summed E-state index contributed by atoms with van der Waals surface area (Å²) in [6.45, 7) is 2.50. The molecule has 1 fully saturated rings. The van der Waals surface area contributed by atoms with Crippen LogP contribution in [0.2, 0.25) is 18.6 Å². The van der Waals surface area contributed by atoms with Gasteiger partial charge in [0.1, 0.15) is 0 Å². The molecule has 0 aliphatic carbocycles. The molecule has 0 bridgehead atoms. The summed E-state index contributed by atoms with van der Waals surface area (Å²) >= 11 is 0. The largest absolute Gasteiger partial charge is 0.411 e. The van der Waals surface area contributed by atoms with Crippen LogP contribution in [0.15, 0.2) is 30.3 Å². The first-order chi connectivity index (χ1) is 8.02. The van der Waals surface area contributed by atoms with Crippen LogP contribution in [0.4, 0.5) is 0 Å². The smallest absolute Gasteiger partial charge is 0.372 e. The maximum Gasteiger partial charge on any atom is 0.372 e. The van der Waals surface area contributed by atoms with Gasteiger partial charge in [-0.25, -0.2) is 0 Å². The maximum absolute atomic E-state index is 10.6. The second kappa shape index (κ2) is 5.01. The van der Waals surface area contributed by atoms with E-state index < -0.39 is 17.1 Å². The van der Waals surface area contributed by atoms with Gasteiger partial charge in [0.15, 0.2) is 0 Å². The highest BCUT2D eigenvalue weighted by atomic mass is 28.4. The average Bonchev–Trinajstić information content (AvgIpc) is 2.28. The van der Waals surface area contributed by atoms with E-state index in [1.54, 1.807) is 6.55 Å². The van der Waals surface area contributed by atoms with Crippen molar-refractivity contribution in [1.82, 2.24) is 0 Å². The lowest BCUT2D eigenvalue weighted by molar-refractivity contribution is 0.186. The summed E-state index contributed by atoms with van der Waals surface area (Å²) < 4.78 is 11.2. The molecule has 2 atom stereocenters. The molecule has 1 saturated heterocycles. The summed E-state index contributed by atoms with van der Waals surface area (Å²) in [6.07, 6.45) is 0. The SMILES string of the molecule is C[Si]1(O)CCO[Si](O)(c2ccccc2)CCO1. The van der Waals surface area contributed by atoms with Crippen LogP contribution in [0.5, 0.6) is 0 Å². The minimum absolute atomic E-state index is 0.372. The molecule has 0 aromatic heterocycles. The third-order valence-electron chi connectivity index (χ3n) is 2.99. The normalized spacial score (nSPS) is 35.0. The minimum Gasteiger partial charge on any atom is -0.411 e. The second-order valence-corrected chi connectivity index (χ2v) is 10.6. The molecule has 2 rings (SSSR count). The molecule has 1 heterocycles. The fourth-order valence-electron chi connectivity index (χ4n) is 1.89. The maximum atomic E-state index is 10.6. The van der Waals surface area contributed by atoms with E-state index in [0.29, 0.717) is 25.3 Å². The molecule has 17 heavy (non-hydrogen) atoms. The van der Waals surface area contributed by atoms with Crippen LogP contribution in [-0.2, 0) is 8.85 Å². The van der Waals surface area contributed by atoms with Crippen molar-refractivity contribution >= 4 is 22.3 Å². The second-order valence-electron chi connectivity index (χ2n) is 4.52. The molecule has 0 radical (unpaired) electrons. The van der Waals surface area contributed by atoms with E-state index in [-0.39, 0.29) is 0 Å². The number of rotatable bonds is 1. The number of hydrogen-bond donors (Lipinski definition) is 2. The van der Waals surface area contributed by atoms with Gasteiger partial charge in [-0.15, -0.1) is 0 Å². The summed E-state index contributed by atoms with van der Waals surface area (Å²) in [7, 11) is -5.42. The molecule has 6 heteroatoms. The van der Waals surface area contributed by atoms with Crippen molar-refractivity contribution in [1.29, 1.82) is 0 Å². The van der Waals surface area contributed by atoms with E-state index in [1.807, 2.05) is 30.3 Å². The van der Waals surface area contributed by atoms with E-state index in [0.717, 1.165) is 5.19 Å². The van der Waals surface area contributed by atoms with Crippen LogP contribution in [0.25, 0.3) is 0 Å². The Kier molecular flexibility index (Phi) is 3.81. The quantitative estimate of drug-likeness (QED) is 0.727. The fraction of sp³-hybridized carbons (Fsp3) is 0.455. The molecular formula is C11H18O4Si2. The Bertz CT molecular complexity index is 357. The highest BCUT2D eigenvalue weighted by Crippen LogP contribution is 2.18. The zero-order chi connectivity index (χ0) is 12.4. The van der Waals surface area contributed by atoms with Crippen LogP contribution in [-0.4, -0.2) is 39.9 Å². The van der Waals surface area contributed by atoms with Gasteiger partial charge in [0.05, 0.1) is 0 Å². The third-order valence-corrected chi connectivity index (χ3v) is 7.74. The minimum atomic E-state index is -2.87. The molecular weight excluding hydrogens is 252 g/mol. The lowest BCUT2D eigenvalue weighted by atomic mass is 10.4. The molecule has 1 aromatic rings. The molecule has 1 aliphatic rings. The van der Waals surface area contributed by atoms with Crippen LogP contribution in [0.1, 0.15) is 0 Å². The van der Waals surface area contributed by atoms with Crippen molar-refractivity contribution < 1.29 is 18.4 Å². The third kappa shape index (κ3) is 3.24. The van der Waals surface area contributed by atoms with Crippen LogP contribution in [0.3, 0.4) is 0 Å². The zero-order valence-electron chi connectivity index (χ0n) is 9.93. The summed E-state index contributed by atoms with van der Waals surface area (Å²) in [5, 5.41) is 0.867. The summed E-state index contributed by atoms with van der Waals surface area (Å²) in [5.41, 5.74) is 0. The van der Waals surface area contributed by atoms with E-state index in [1.165, 1.54) is 0 Å². The Balaban J connectivity index is 2.12. The van der Waals surface area contributed by atoms with Crippen molar-refractivity contribution in [2.75, 3.05) is 13.2 Å². The summed E-state index contributed by atoms with van der Waals surface area (Å²) in [6, 6.07) is 10.5. The van der Waals surface area contributed by atoms with Gasteiger partial charge < -0.3 is 18.4 Å². The van der Waals surface area contributed by atoms with Crippen molar-refractivity contribution in [3.8, 4) is 0 Å².